The maximum atomic E-state index is 12.8. The van der Waals surface area contributed by atoms with Crippen LogP contribution in [-0.2, 0) is 9.53 Å². The third-order valence-corrected chi connectivity index (χ3v) is 4.52. The highest BCUT2D eigenvalue weighted by Gasteiger charge is 2.17. The van der Waals surface area contributed by atoms with Crippen LogP contribution in [0.25, 0.3) is 0 Å². The van der Waals surface area contributed by atoms with Crippen LogP contribution in [0.3, 0.4) is 0 Å². The van der Waals surface area contributed by atoms with Crippen LogP contribution in [0.2, 0.25) is 0 Å². The molecule has 0 bridgehead atoms. The predicted octanol–water partition coefficient (Wildman–Crippen LogP) is 2.62. The molecular formula is C21H25N3O3. The summed E-state index contributed by atoms with van der Waals surface area (Å²) in [5.74, 6) is -0.120. The second kappa shape index (κ2) is 9.30. The first-order chi connectivity index (χ1) is 13.2. The maximum Gasteiger partial charge on any atom is 0.258 e. The first-order valence-electron chi connectivity index (χ1n) is 9.24. The molecule has 2 aromatic carbocycles. The summed E-state index contributed by atoms with van der Waals surface area (Å²) in [6.45, 7) is 5.76. The van der Waals surface area contributed by atoms with E-state index in [1.807, 2.05) is 37.3 Å². The smallest absolute Gasteiger partial charge is 0.258 e. The van der Waals surface area contributed by atoms with E-state index in [9.17, 15) is 9.59 Å². The van der Waals surface area contributed by atoms with Gasteiger partial charge in [-0.3, -0.25) is 14.5 Å². The normalized spacial score (nSPS) is 14.6. The molecule has 0 aliphatic carbocycles. The summed E-state index contributed by atoms with van der Waals surface area (Å²) in [5.41, 5.74) is 2.15. The molecule has 0 atom stereocenters. The van der Waals surface area contributed by atoms with Gasteiger partial charge in [-0.25, -0.2) is 0 Å². The molecule has 0 radical (unpaired) electrons. The SMILES string of the molecule is CCN(C(=O)c1ccc(NC(=O)CN2CCOCC2)cc1)c1ccccc1. The van der Waals surface area contributed by atoms with E-state index >= 15 is 0 Å². The summed E-state index contributed by atoms with van der Waals surface area (Å²) < 4.78 is 5.29. The molecule has 1 aliphatic rings. The number of nitrogens with one attached hydrogen (secondary N) is 1. The molecule has 142 valence electrons. The lowest BCUT2D eigenvalue weighted by molar-refractivity contribution is -0.118. The summed E-state index contributed by atoms with van der Waals surface area (Å²) in [5, 5.41) is 2.88. The van der Waals surface area contributed by atoms with Crippen molar-refractivity contribution in [1.82, 2.24) is 4.90 Å². The van der Waals surface area contributed by atoms with Crippen LogP contribution in [0.4, 0.5) is 11.4 Å². The van der Waals surface area contributed by atoms with E-state index < -0.39 is 0 Å². The van der Waals surface area contributed by atoms with E-state index in [0.717, 1.165) is 18.8 Å². The molecule has 0 aromatic heterocycles. The largest absolute Gasteiger partial charge is 0.379 e. The fourth-order valence-electron chi connectivity index (χ4n) is 3.07. The molecule has 1 heterocycles. The van der Waals surface area contributed by atoms with Gasteiger partial charge in [0.25, 0.3) is 5.91 Å². The Labute approximate surface area is 159 Å². The van der Waals surface area contributed by atoms with E-state index in [4.69, 9.17) is 4.74 Å². The lowest BCUT2D eigenvalue weighted by Gasteiger charge is -2.25. The molecule has 6 nitrogen and oxygen atoms in total. The minimum Gasteiger partial charge on any atom is -0.379 e. The van der Waals surface area contributed by atoms with Crippen molar-refractivity contribution in [1.29, 1.82) is 0 Å². The molecule has 1 aliphatic heterocycles. The molecule has 2 amide bonds. The van der Waals surface area contributed by atoms with Crippen molar-refractivity contribution < 1.29 is 14.3 Å². The molecule has 1 N–H and O–H groups in total. The van der Waals surface area contributed by atoms with Crippen LogP contribution >= 0.6 is 0 Å². The van der Waals surface area contributed by atoms with Crippen LogP contribution in [-0.4, -0.2) is 56.1 Å². The topological polar surface area (TPSA) is 61.9 Å². The van der Waals surface area contributed by atoms with Crippen molar-refractivity contribution in [2.24, 2.45) is 0 Å². The summed E-state index contributed by atoms with van der Waals surface area (Å²) in [6.07, 6.45) is 0. The Bertz CT molecular complexity index is 756. The third-order valence-electron chi connectivity index (χ3n) is 4.52. The van der Waals surface area contributed by atoms with Gasteiger partial charge in [0.15, 0.2) is 0 Å². The number of rotatable bonds is 6. The number of morpholine rings is 1. The number of carbonyl (C=O) groups excluding carboxylic acids is 2. The van der Waals surface area contributed by atoms with E-state index in [-0.39, 0.29) is 11.8 Å². The molecule has 1 saturated heterocycles. The van der Waals surface area contributed by atoms with Crippen LogP contribution in [0, 0.1) is 0 Å². The minimum absolute atomic E-state index is 0.0598. The fraction of sp³-hybridized carbons (Fsp3) is 0.333. The highest BCUT2D eigenvalue weighted by atomic mass is 16.5. The van der Waals surface area contributed by atoms with Crippen LogP contribution < -0.4 is 10.2 Å². The van der Waals surface area contributed by atoms with Crippen LogP contribution in [0.5, 0.6) is 0 Å². The van der Waals surface area contributed by atoms with Crippen LogP contribution in [0.1, 0.15) is 17.3 Å². The zero-order valence-electron chi connectivity index (χ0n) is 15.6. The van der Waals surface area contributed by atoms with Gasteiger partial charge in [-0.2, -0.15) is 0 Å². The van der Waals surface area contributed by atoms with E-state index in [1.54, 1.807) is 29.2 Å². The Hall–Kier alpha value is -2.70. The minimum atomic E-state index is -0.0603. The van der Waals surface area contributed by atoms with Crippen molar-refractivity contribution in [3.8, 4) is 0 Å². The molecule has 27 heavy (non-hydrogen) atoms. The van der Waals surface area contributed by atoms with Gasteiger partial charge in [0.1, 0.15) is 0 Å². The standard InChI is InChI=1S/C21H25N3O3/c1-2-24(19-6-4-3-5-7-19)21(26)17-8-10-18(11-9-17)22-20(25)16-23-12-14-27-15-13-23/h3-11H,2,12-16H2,1H3,(H,22,25). The number of amides is 2. The van der Waals surface area contributed by atoms with E-state index in [1.165, 1.54) is 0 Å². The maximum absolute atomic E-state index is 12.8. The Morgan fingerprint density at radius 1 is 1.04 bits per heavy atom. The van der Waals surface area contributed by atoms with Gasteiger partial charge in [0, 0.05) is 36.6 Å². The molecule has 1 fully saturated rings. The number of nitrogens with zero attached hydrogens (tertiary/aromatic N) is 2. The van der Waals surface area contributed by atoms with Gasteiger partial charge in [-0.05, 0) is 43.3 Å². The molecule has 2 aromatic rings. The van der Waals surface area contributed by atoms with E-state index in [2.05, 4.69) is 10.2 Å². The molecule has 0 saturated carbocycles. The molecule has 0 unspecified atom stereocenters. The molecule has 3 rings (SSSR count). The number of hydrogen-bond acceptors (Lipinski definition) is 4. The van der Waals surface area contributed by atoms with Crippen molar-refractivity contribution in [3.05, 3.63) is 60.2 Å². The lowest BCUT2D eigenvalue weighted by atomic mass is 10.1. The molecular weight excluding hydrogens is 342 g/mol. The Morgan fingerprint density at radius 3 is 2.33 bits per heavy atom. The number of ether oxygens (including phenoxy) is 1. The van der Waals surface area contributed by atoms with Crippen molar-refractivity contribution >= 4 is 23.2 Å². The number of benzene rings is 2. The third kappa shape index (κ3) is 5.15. The van der Waals surface area contributed by atoms with Gasteiger partial charge in [-0.1, -0.05) is 18.2 Å². The van der Waals surface area contributed by atoms with E-state index in [0.29, 0.717) is 37.6 Å². The number of carbonyl (C=O) groups is 2. The number of para-hydroxylation sites is 1. The van der Waals surface area contributed by atoms with Crippen molar-refractivity contribution in [3.63, 3.8) is 0 Å². The molecule has 6 heteroatoms. The molecule has 0 spiro atoms. The van der Waals surface area contributed by atoms with Gasteiger partial charge in [0.05, 0.1) is 19.8 Å². The average molecular weight is 367 g/mol. The summed E-state index contributed by atoms with van der Waals surface area (Å²) >= 11 is 0. The fourth-order valence-corrected chi connectivity index (χ4v) is 3.07. The highest BCUT2D eigenvalue weighted by Crippen LogP contribution is 2.18. The quantitative estimate of drug-likeness (QED) is 0.853. The van der Waals surface area contributed by atoms with Crippen molar-refractivity contribution in [2.45, 2.75) is 6.92 Å². The van der Waals surface area contributed by atoms with Gasteiger partial charge in [0.2, 0.25) is 5.91 Å². The number of anilines is 2. The van der Waals surface area contributed by atoms with Crippen molar-refractivity contribution in [2.75, 3.05) is 49.6 Å². The zero-order chi connectivity index (χ0) is 19.1. The highest BCUT2D eigenvalue weighted by molar-refractivity contribution is 6.06. The summed E-state index contributed by atoms with van der Waals surface area (Å²) in [7, 11) is 0. The summed E-state index contributed by atoms with van der Waals surface area (Å²) in [6, 6.07) is 16.6. The Balaban J connectivity index is 1.60. The number of hydrogen-bond donors (Lipinski definition) is 1. The lowest BCUT2D eigenvalue weighted by Crippen LogP contribution is -2.41. The Morgan fingerprint density at radius 2 is 1.70 bits per heavy atom. The van der Waals surface area contributed by atoms with Crippen LogP contribution in [0.15, 0.2) is 54.6 Å². The average Bonchev–Trinajstić information content (AvgIpc) is 2.70. The second-order valence-corrected chi connectivity index (χ2v) is 6.40. The first kappa shape index (κ1) is 19.1. The monoisotopic (exact) mass is 367 g/mol. The van der Waals surface area contributed by atoms with Gasteiger partial charge in [-0.15, -0.1) is 0 Å². The zero-order valence-corrected chi connectivity index (χ0v) is 15.6. The predicted molar refractivity (Wildman–Crippen MR) is 106 cm³/mol. The van der Waals surface area contributed by atoms with Gasteiger partial charge < -0.3 is 15.0 Å². The Kier molecular flexibility index (Phi) is 6.57. The second-order valence-electron chi connectivity index (χ2n) is 6.40. The van der Waals surface area contributed by atoms with Gasteiger partial charge >= 0.3 is 0 Å². The summed E-state index contributed by atoms with van der Waals surface area (Å²) in [4.78, 5) is 28.8. The first-order valence-corrected chi connectivity index (χ1v) is 9.24.